The van der Waals surface area contributed by atoms with Crippen molar-refractivity contribution in [3.05, 3.63) is 0 Å². The molecule has 2 aliphatic rings. The molecule has 0 aromatic carbocycles. The molecule has 1 amide bonds. The highest BCUT2D eigenvalue weighted by Gasteiger charge is 2.32. The van der Waals surface area contributed by atoms with Crippen molar-refractivity contribution in [2.45, 2.75) is 33.1 Å². The lowest BCUT2D eigenvalue weighted by Crippen LogP contribution is -2.44. The summed E-state index contributed by atoms with van der Waals surface area (Å²) in [4.78, 5) is 14.2. The van der Waals surface area contributed by atoms with Crippen LogP contribution in [0.1, 0.15) is 33.1 Å². The van der Waals surface area contributed by atoms with Crippen molar-refractivity contribution in [3.8, 4) is 0 Å². The highest BCUT2D eigenvalue weighted by Crippen LogP contribution is 2.30. The molecule has 86 valence electrons. The fourth-order valence-electron chi connectivity index (χ4n) is 2.46. The lowest BCUT2D eigenvalue weighted by molar-refractivity contribution is -0.136. The van der Waals surface area contributed by atoms with Crippen LogP contribution in [0.15, 0.2) is 0 Å². The van der Waals surface area contributed by atoms with E-state index in [1.807, 2.05) is 0 Å². The van der Waals surface area contributed by atoms with Crippen molar-refractivity contribution >= 4 is 5.91 Å². The Morgan fingerprint density at radius 3 is 2.53 bits per heavy atom. The number of nitrogens with zero attached hydrogens (tertiary/aromatic N) is 1. The molecule has 0 bridgehead atoms. The first-order chi connectivity index (χ1) is 7.08. The predicted octanol–water partition coefficient (Wildman–Crippen LogP) is 1.24. The molecule has 2 heterocycles. The fraction of sp³-hybridized carbons (Fsp3) is 0.917. The molecule has 2 fully saturated rings. The van der Waals surface area contributed by atoms with E-state index in [1.54, 1.807) is 0 Å². The standard InChI is InChI=1S/C12H22N2O/c1-12(2)4-7-14(8-5-12)11(15)10-3-6-13-9-10/h10,13H,3-9H2,1-2H3. The number of hydrogen-bond acceptors (Lipinski definition) is 2. The van der Waals surface area contributed by atoms with Crippen LogP contribution in [0, 0.1) is 11.3 Å². The Kier molecular flexibility index (Phi) is 3.01. The summed E-state index contributed by atoms with van der Waals surface area (Å²) in [5.41, 5.74) is 0.435. The van der Waals surface area contributed by atoms with E-state index in [0.29, 0.717) is 11.3 Å². The van der Waals surface area contributed by atoms with Crippen LogP contribution in [0.4, 0.5) is 0 Å². The Labute approximate surface area is 92.2 Å². The van der Waals surface area contributed by atoms with Crippen molar-refractivity contribution in [3.63, 3.8) is 0 Å². The molecular weight excluding hydrogens is 188 g/mol. The predicted molar refractivity (Wildman–Crippen MR) is 60.6 cm³/mol. The van der Waals surface area contributed by atoms with Gasteiger partial charge in [0.05, 0.1) is 5.92 Å². The molecule has 0 aliphatic carbocycles. The Morgan fingerprint density at radius 2 is 2.00 bits per heavy atom. The van der Waals surface area contributed by atoms with Gasteiger partial charge in [0.25, 0.3) is 0 Å². The minimum absolute atomic E-state index is 0.256. The normalized spacial score (nSPS) is 30.5. The topological polar surface area (TPSA) is 32.3 Å². The third-order valence-corrected chi connectivity index (χ3v) is 3.84. The molecule has 2 aliphatic heterocycles. The van der Waals surface area contributed by atoms with Crippen molar-refractivity contribution < 1.29 is 4.79 Å². The molecule has 0 spiro atoms. The second-order valence-electron chi connectivity index (χ2n) is 5.68. The van der Waals surface area contributed by atoms with Crippen LogP contribution in [0.25, 0.3) is 0 Å². The Morgan fingerprint density at radius 1 is 1.33 bits per heavy atom. The van der Waals surface area contributed by atoms with Crippen LogP contribution in [0.5, 0.6) is 0 Å². The average molecular weight is 210 g/mol. The maximum Gasteiger partial charge on any atom is 0.227 e. The summed E-state index contributed by atoms with van der Waals surface area (Å²) in [6, 6.07) is 0. The molecule has 0 saturated carbocycles. The molecule has 0 aromatic heterocycles. The molecule has 1 unspecified atom stereocenters. The zero-order valence-electron chi connectivity index (χ0n) is 9.88. The minimum Gasteiger partial charge on any atom is -0.342 e. The summed E-state index contributed by atoms with van der Waals surface area (Å²) < 4.78 is 0. The van der Waals surface area contributed by atoms with Crippen molar-refractivity contribution in [1.29, 1.82) is 0 Å². The van der Waals surface area contributed by atoms with Crippen molar-refractivity contribution in [1.82, 2.24) is 10.2 Å². The van der Waals surface area contributed by atoms with Crippen molar-refractivity contribution in [2.24, 2.45) is 11.3 Å². The summed E-state index contributed by atoms with van der Waals surface area (Å²) in [6.45, 7) is 8.41. The number of piperidine rings is 1. The van der Waals surface area contributed by atoms with Gasteiger partial charge in [-0.05, 0) is 31.2 Å². The number of hydrogen-bond donors (Lipinski definition) is 1. The summed E-state index contributed by atoms with van der Waals surface area (Å²) in [6.07, 6.45) is 3.33. The summed E-state index contributed by atoms with van der Waals surface area (Å²) in [7, 11) is 0. The molecular formula is C12H22N2O. The van der Waals surface area contributed by atoms with E-state index in [1.165, 1.54) is 0 Å². The Bertz CT molecular complexity index is 234. The van der Waals surface area contributed by atoms with Gasteiger partial charge in [0.1, 0.15) is 0 Å². The minimum atomic E-state index is 0.256. The SMILES string of the molecule is CC1(C)CCN(C(=O)C2CCNC2)CC1. The zero-order chi connectivity index (χ0) is 10.9. The fourth-order valence-corrected chi connectivity index (χ4v) is 2.46. The molecule has 2 rings (SSSR count). The first-order valence-corrected chi connectivity index (χ1v) is 6.08. The van der Waals surface area contributed by atoms with Crippen molar-refractivity contribution in [2.75, 3.05) is 26.2 Å². The van der Waals surface area contributed by atoms with Gasteiger partial charge < -0.3 is 10.2 Å². The van der Waals surface area contributed by atoms with E-state index in [9.17, 15) is 4.79 Å². The van der Waals surface area contributed by atoms with E-state index in [-0.39, 0.29) is 5.92 Å². The molecule has 0 radical (unpaired) electrons. The number of nitrogens with one attached hydrogen (secondary N) is 1. The number of rotatable bonds is 1. The highest BCUT2D eigenvalue weighted by molar-refractivity contribution is 5.79. The summed E-state index contributed by atoms with van der Waals surface area (Å²) in [5, 5.41) is 3.26. The van der Waals surface area contributed by atoms with Crippen LogP contribution >= 0.6 is 0 Å². The van der Waals surface area contributed by atoms with Gasteiger partial charge >= 0.3 is 0 Å². The second-order valence-corrected chi connectivity index (χ2v) is 5.68. The summed E-state index contributed by atoms with van der Waals surface area (Å²) in [5.74, 6) is 0.640. The smallest absolute Gasteiger partial charge is 0.227 e. The van der Waals surface area contributed by atoms with E-state index in [4.69, 9.17) is 0 Å². The van der Waals surface area contributed by atoms with Gasteiger partial charge in [-0.3, -0.25) is 4.79 Å². The number of amides is 1. The number of carbonyl (C=O) groups excluding carboxylic acids is 1. The quantitative estimate of drug-likeness (QED) is 0.706. The van der Waals surface area contributed by atoms with Crippen LogP contribution in [-0.4, -0.2) is 37.0 Å². The maximum absolute atomic E-state index is 12.1. The van der Waals surface area contributed by atoms with Gasteiger partial charge in [0.15, 0.2) is 0 Å². The Balaban J connectivity index is 1.87. The highest BCUT2D eigenvalue weighted by atomic mass is 16.2. The van der Waals surface area contributed by atoms with E-state index >= 15 is 0 Å². The lowest BCUT2D eigenvalue weighted by Gasteiger charge is -2.37. The summed E-state index contributed by atoms with van der Waals surface area (Å²) >= 11 is 0. The lowest BCUT2D eigenvalue weighted by atomic mass is 9.82. The van der Waals surface area contributed by atoms with E-state index < -0.39 is 0 Å². The van der Waals surface area contributed by atoms with Crippen LogP contribution in [0.3, 0.4) is 0 Å². The first-order valence-electron chi connectivity index (χ1n) is 6.08. The van der Waals surface area contributed by atoms with Gasteiger partial charge in [-0.1, -0.05) is 13.8 Å². The van der Waals surface area contributed by atoms with Crippen LogP contribution < -0.4 is 5.32 Å². The molecule has 3 heteroatoms. The molecule has 0 aromatic rings. The van der Waals surface area contributed by atoms with Gasteiger partial charge in [0.2, 0.25) is 5.91 Å². The molecule has 3 nitrogen and oxygen atoms in total. The third kappa shape index (κ3) is 2.51. The second kappa shape index (κ2) is 4.12. The Hall–Kier alpha value is -0.570. The van der Waals surface area contributed by atoms with Crippen LogP contribution in [-0.2, 0) is 4.79 Å². The third-order valence-electron chi connectivity index (χ3n) is 3.84. The maximum atomic E-state index is 12.1. The molecule has 2 saturated heterocycles. The number of likely N-dealkylation sites (tertiary alicyclic amines) is 1. The van der Waals surface area contributed by atoms with Gasteiger partial charge in [-0.15, -0.1) is 0 Å². The number of carbonyl (C=O) groups is 1. The largest absolute Gasteiger partial charge is 0.342 e. The average Bonchev–Trinajstić information content (AvgIpc) is 2.69. The van der Waals surface area contributed by atoms with E-state index in [0.717, 1.165) is 45.4 Å². The zero-order valence-corrected chi connectivity index (χ0v) is 9.88. The van der Waals surface area contributed by atoms with E-state index in [2.05, 4.69) is 24.1 Å². The van der Waals surface area contributed by atoms with Crippen LogP contribution in [0.2, 0.25) is 0 Å². The molecule has 1 atom stereocenters. The van der Waals surface area contributed by atoms with Gasteiger partial charge in [-0.25, -0.2) is 0 Å². The first kappa shape index (κ1) is 10.9. The monoisotopic (exact) mass is 210 g/mol. The molecule has 1 N–H and O–H groups in total. The molecule has 15 heavy (non-hydrogen) atoms. The van der Waals surface area contributed by atoms with Gasteiger partial charge in [-0.2, -0.15) is 0 Å². The van der Waals surface area contributed by atoms with Gasteiger partial charge in [0, 0.05) is 19.6 Å².